The Kier molecular flexibility index (Phi) is 5.20. The van der Waals surface area contributed by atoms with Gasteiger partial charge in [-0.05, 0) is 75.2 Å². The average molecular weight is 388 g/mol. The second-order valence-corrected chi connectivity index (χ2v) is 8.58. The molecule has 4 nitrogen and oxygen atoms in total. The molecule has 1 amide bonds. The lowest BCUT2D eigenvalue weighted by Gasteiger charge is -2.49. The van der Waals surface area contributed by atoms with E-state index in [1.54, 1.807) is 18.0 Å². The highest BCUT2D eigenvalue weighted by Gasteiger charge is 2.40. The molecular formula is C20H22ClN3OS. The minimum Gasteiger partial charge on any atom is -0.347 e. The fraction of sp³-hybridized carbons (Fsp3) is 0.400. The third-order valence-corrected chi connectivity index (χ3v) is 6.70. The van der Waals surface area contributed by atoms with Crippen LogP contribution < -0.4 is 5.32 Å². The monoisotopic (exact) mass is 387 g/mol. The number of rotatable bonds is 4. The summed E-state index contributed by atoms with van der Waals surface area (Å²) in [6, 6.07) is 12.1. The highest BCUT2D eigenvalue weighted by atomic mass is 35.5. The first-order valence-corrected chi connectivity index (χ1v) is 10.2. The van der Waals surface area contributed by atoms with Crippen molar-refractivity contribution in [1.29, 1.82) is 0 Å². The van der Waals surface area contributed by atoms with Gasteiger partial charge in [-0.2, -0.15) is 0 Å². The first-order chi connectivity index (χ1) is 12.6. The van der Waals surface area contributed by atoms with E-state index in [0.29, 0.717) is 22.5 Å². The van der Waals surface area contributed by atoms with Crippen molar-refractivity contribution in [1.82, 2.24) is 15.2 Å². The Bertz CT molecular complexity index is 771. The smallest absolute Gasteiger partial charge is 0.251 e. The number of carbonyl (C=O) groups is 1. The van der Waals surface area contributed by atoms with Gasteiger partial charge in [-0.3, -0.25) is 9.69 Å². The molecule has 26 heavy (non-hydrogen) atoms. The van der Waals surface area contributed by atoms with Gasteiger partial charge in [0.2, 0.25) is 0 Å². The van der Waals surface area contributed by atoms with E-state index in [1.165, 1.54) is 25.9 Å². The molecule has 3 saturated heterocycles. The minimum atomic E-state index is 0.0248. The van der Waals surface area contributed by atoms with E-state index in [2.05, 4.69) is 22.1 Å². The van der Waals surface area contributed by atoms with Gasteiger partial charge in [-0.15, -0.1) is 0 Å². The predicted octanol–water partition coefficient (Wildman–Crippen LogP) is 4.10. The van der Waals surface area contributed by atoms with Crippen LogP contribution in [0.4, 0.5) is 0 Å². The van der Waals surface area contributed by atoms with Gasteiger partial charge >= 0.3 is 0 Å². The van der Waals surface area contributed by atoms with Crippen LogP contribution in [0.25, 0.3) is 0 Å². The summed E-state index contributed by atoms with van der Waals surface area (Å²) < 4.78 is 0. The number of pyridine rings is 1. The van der Waals surface area contributed by atoms with Crippen LogP contribution in [0.5, 0.6) is 0 Å². The number of benzene rings is 1. The molecule has 2 unspecified atom stereocenters. The third kappa shape index (κ3) is 3.75. The van der Waals surface area contributed by atoms with E-state index < -0.39 is 0 Å². The number of piperidine rings is 3. The summed E-state index contributed by atoms with van der Waals surface area (Å²) in [5, 5.41) is 4.79. The van der Waals surface area contributed by atoms with Crippen LogP contribution in [-0.2, 0) is 0 Å². The Balaban J connectivity index is 1.40. The zero-order valence-electron chi connectivity index (χ0n) is 14.7. The van der Waals surface area contributed by atoms with Crippen molar-refractivity contribution in [2.24, 2.45) is 5.92 Å². The molecule has 2 bridgehead atoms. The molecule has 1 aromatic carbocycles. The molecule has 2 aromatic rings. The Morgan fingerprint density at radius 1 is 1.19 bits per heavy atom. The van der Waals surface area contributed by atoms with E-state index in [-0.39, 0.29) is 11.9 Å². The van der Waals surface area contributed by atoms with Crippen LogP contribution in [0.2, 0.25) is 5.02 Å². The molecule has 0 spiro atoms. The van der Waals surface area contributed by atoms with Gasteiger partial charge in [0.25, 0.3) is 5.91 Å². The molecule has 3 aliphatic heterocycles. The number of aromatic nitrogens is 1. The second-order valence-electron chi connectivity index (χ2n) is 7.05. The number of hydrogen-bond donors (Lipinski definition) is 1. The van der Waals surface area contributed by atoms with Crippen molar-refractivity contribution in [3.63, 3.8) is 0 Å². The SMILES string of the molecule is CC1C(NC(=O)c2ccc(Sc3ccc(Cl)cn3)cc2)C2CCN1CC2. The lowest BCUT2D eigenvalue weighted by Crippen LogP contribution is -2.62. The highest BCUT2D eigenvalue weighted by Crippen LogP contribution is 2.32. The van der Waals surface area contributed by atoms with Crippen molar-refractivity contribution in [2.45, 2.75) is 41.8 Å². The number of halogens is 1. The Hall–Kier alpha value is -1.56. The number of carbonyl (C=O) groups excluding carboxylic acids is 1. The van der Waals surface area contributed by atoms with Crippen molar-refractivity contribution in [3.8, 4) is 0 Å². The molecule has 3 aliphatic rings. The number of fused-ring (bicyclic) bond motifs is 3. The fourth-order valence-corrected chi connectivity index (χ4v) is 4.86. The molecule has 4 heterocycles. The molecule has 3 fully saturated rings. The van der Waals surface area contributed by atoms with Gasteiger partial charge in [0.15, 0.2) is 0 Å². The zero-order chi connectivity index (χ0) is 18.1. The van der Waals surface area contributed by atoms with Crippen LogP contribution in [-0.4, -0.2) is 41.0 Å². The summed E-state index contributed by atoms with van der Waals surface area (Å²) in [6.07, 6.45) is 4.03. The van der Waals surface area contributed by atoms with Gasteiger partial charge in [0, 0.05) is 28.7 Å². The molecule has 136 valence electrons. The van der Waals surface area contributed by atoms with E-state index >= 15 is 0 Å². The second kappa shape index (κ2) is 7.59. The molecular weight excluding hydrogens is 366 g/mol. The van der Waals surface area contributed by atoms with Crippen molar-refractivity contribution in [2.75, 3.05) is 13.1 Å². The number of amides is 1. The maximum atomic E-state index is 12.7. The molecule has 6 heteroatoms. The molecule has 0 saturated carbocycles. The summed E-state index contributed by atoms with van der Waals surface area (Å²) in [6.45, 7) is 4.57. The number of nitrogens with zero attached hydrogens (tertiary/aromatic N) is 2. The van der Waals surface area contributed by atoms with E-state index in [4.69, 9.17) is 11.6 Å². The normalized spacial score (nSPS) is 27.3. The summed E-state index contributed by atoms with van der Waals surface area (Å²) in [7, 11) is 0. The maximum absolute atomic E-state index is 12.7. The van der Waals surface area contributed by atoms with Crippen molar-refractivity contribution < 1.29 is 4.79 Å². The van der Waals surface area contributed by atoms with Gasteiger partial charge in [0.05, 0.1) is 5.02 Å². The largest absolute Gasteiger partial charge is 0.347 e. The molecule has 2 atom stereocenters. The molecule has 0 radical (unpaired) electrons. The minimum absolute atomic E-state index is 0.0248. The summed E-state index contributed by atoms with van der Waals surface area (Å²) in [4.78, 5) is 20.5. The standard InChI is InChI=1S/C20H22ClN3OS/c1-13-19(14-8-10-24(13)11-9-14)23-20(25)15-2-5-17(6-3-15)26-18-7-4-16(21)12-22-18/h2-7,12-14,19H,8-11H2,1H3,(H,23,25). The van der Waals surface area contributed by atoms with Crippen LogP contribution in [0, 0.1) is 5.92 Å². The first kappa shape index (κ1) is 17.8. The van der Waals surface area contributed by atoms with Crippen LogP contribution in [0.3, 0.4) is 0 Å². The average Bonchev–Trinajstić information content (AvgIpc) is 2.67. The number of nitrogens with one attached hydrogen (secondary N) is 1. The molecule has 1 N–H and O–H groups in total. The Labute approximate surface area is 163 Å². The quantitative estimate of drug-likeness (QED) is 0.857. The zero-order valence-corrected chi connectivity index (χ0v) is 16.3. The van der Waals surface area contributed by atoms with Crippen LogP contribution >= 0.6 is 23.4 Å². The molecule has 5 rings (SSSR count). The topological polar surface area (TPSA) is 45.2 Å². The highest BCUT2D eigenvalue weighted by molar-refractivity contribution is 7.99. The summed E-state index contributed by atoms with van der Waals surface area (Å²) >= 11 is 7.42. The lowest BCUT2D eigenvalue weighted by molar-refractivity contribution is 0.0217. The maximum Gasteiger partial charge on any atom is 0.251 e. The third-order valence-electron chi connectivity index (χ3n) is 5.51. The van der Waals surface area contributed by atoms with E-state index in [9.17, 15) is 4.79 Å². The van der Waals surface area contributed by atoms with Crippen LogP contribution in [0.1, 0.15) is 30.1 Å². The van der Waals surface area contributed by atoms with Crippen LogP contribution in [0.15, 0.2) is 52.5 Å². The first-order valence-electron chi connectivity index (χ1n) is 9.04. The number of hydrogen-bond acceptors (Lipinski definition) is 4. The van der Waals surface area contributed by atoms with Gasteiger partial charge in [0.1, 0.15) is 5.03 Å². The van der Waals surface area contributed by atoms with Crippen molar-refractivity contribution in [3.05, 3.63) is 53.2 Å². The summed E-state index contributed by atoms with van der Waals surface area (Å²) in [5.74, 6) is 0.640. The fourth-order valence-electron chi connectivity index (χ4n) is 4.00. The Morgan fingerprint density at radius 3 is 2.54 bits per heavy atom. The lowest BCUT2D eigenvalue weighted by atomic mass is 9.79. The summed E-state index contributed by atoms with van der Waals surface area (Å²) in [5.41, 5.74) is 0.710. The van der Waals surface area contributed by atoms with Crippen molar-refractivity contribution >= 4 is 29.3 Å². The van der Waals surface area contributed by atoms with E-state index in [0.717, 1.165) is 9.92 Å². The van der Waals surface area contributed by atoms with Gasteiger partial charge < -0.3 is 5.32 Å². The molecule has 0 aliphatic carbocycles. The van der Waals surface area contributed by atoms with Gasteiger partial charge in [-0.25, -0.2) is 4.98 Å². The Morgan fingerprint density at radius 2 is 1.92 bits per heavy atom. The predicted molar refractivity (Wildman–Crippen MR) is 105 cm³/mol. The van der Waals surface area contributed by atoms with Gasteiger partial charge in [-0.1, -0.05) is 23.4 Å². The van der Waals surface area contributed by atoms with E-state index in [1.807, 2.05) is 36.4 Å². The molecule has 1 aromatic heterocycles.